The first kappa shape index (κ1) is 13.4. The highest BCUT2D eigenvalue weighted by Gasteiger charge is 2.13. The third kappa shape index (κ3) is 5.94. The minimum Gasteiger partial charge on any atom is -0.368 e. The lowest BCUT2D eigenvalue weighted by Crippen LogP contribution is -2.43. The van der Waals surface area contributed by atoms with E-state index in [0.29, 0.717) is 0 Å². The van der Waals surface area contributed by atoms with Crippen molar-refractivity contribution in [3.8, 4) is 0 Å². The summed E-state index contributed by atoms with van der Waals surface area (Å²) in [5, 5.41) is 3.08. The normalized spacial score (nSPS) is 13.1. The van der Waals surface area contributed by atoms with Crippen molar-refractivity contribution in [2.75, 3.05) is 26.7 Å². The van der Waals surface area contributed by atoms with Crippen molar-refractivity contribution in [3.05, 3.63) is 0 Å². The summed E-state index contributed by atoms with van der Waals surface area (Å²) < 4.78 is 0. The van der Waals surface area contributed by atoms with Crippen LogP contribution in [0.1, 0.15) is 26.7 Å². The van der Waals surface area contributed by atoms with Crippen molar-refractivity contribution in [2.45, 2.75) is 32.7 Å². The van der Waals surface area contributed by atoms with Crippen LogP contribution >= 0.6 is 0 Å². The summed E-state index contributed by atoms with van der Waals surface area (Å²) in [6.45, 7) is 6.88. The van der Waals surface area contributed by atoms with Gasteiger partial charge in [-0.2, -0.15) is 0 Å². The van der Waals surface area contributed by atoms with Crippen LogP contribution in [0, 0.1) is 0 Å². The van der Waals surface area contributed by atoms with Crippen LogP contribution in [0.25, 0.3) is 0 Å². The molecule has 0 aliphatic rings. The minimum absolute atomic E-state index is 0.181. The van der Waals surface area contributed by atoms with Crippen LogP contribution in [0.15, 0.2) is 0 Å². The summed E-state index contributed by atoms with van der Waals surface area (Å²) >= 11 is 0. The Hall–Kier alpha value is -0.610. The third-order valence-electron chi connectivity index (χ3n) is 2.20. The molecule has 4 nitrogen and oxygen atoms in total. The Balaban J connectivity index is 3.75. The van der Waals surface area contributed by atoms with Gasteiger partial charge in [0.15, 0.2) is 0 Å². The van der Waals surface area contributed by atoms with E-state index in [2.05, 4.69) is 24.2 Å². The van der Waals surface area contributed by atoms with Gasteiger partial charge in [-0.25, -0.2) is 0 Å². The molecule has 1 amide bonds. The molecule has 0 saturated carbocycles. The Bertz CT molecular complexity index is 161. The third-order valence-corrected chi connectivity index (χ3v) is 2.20. The van der Waals surface area contributed by atoms with Crippen molar-refractivity contribution >= 4 is 5.91 Å². The summed E-state index contributed by atoms with van der Waals surface area (Å²) in [6.07, 6.45) is 1.93. The van der Waals surface area contributed by atoms with Gasteiger partial charge in [0.2, 0.25) is 5.91 Å². The molecule has 0 radical (unpaired) electrons. The molecule has 14 heavy (non-hydrogen) atoms. The molecule has 0 aromatic carbocycles. The van der Waals surface area contributed by atoms with Crippen LogP contribution in [-0.2, 0) is 4.79 Å². The topological polar surface area (TPSA) is 58.4 Å². The molecule has 0 fully saturated rings. The van der Waals surface area contributed by atoms with E-state index in [9.17, 15) is 4.79 Å². The number of primary amides is 1. The lowest BCUT2D eigenvalue weighted by molar-refractivity contribution is -0.120. The van der Waals surface area contributed by atoms with E-state index in [1.807, 2.05) is 6.92 Å². The van der Waals surface area contributed by atoms with Crippen LogP contribution in [-0.4, -0.2) is 43.5 Å². The van der Waals surface area contributed by atoms with Crippen LogP contribution < -0.4 is 11.1 Å². The van der Waals surface area contributed by atoms with Gasteiger partial charge >= 0.3 is 0 Å². The predicted molar refractivity (Wildman–Crippen MR) is 59.1 cm³/mol. The largest absolute Gasteiger partial charge is 0.368 e. The fourth-order valence-electron chi connectivity index (χ4n) is 1.43. The molecule has 84 valence electrons. The van der Waals surface area contributed by atoms with E-state index in [1.54, 1.807) is 0 Å². The zero-order valence-corrected chi connectivity index (χ0v) is 9.55. The monoisotopic (exact) mass is 201 g/mol. The molecule has 0 aromatic heterocycles. The maximum Gasteiger partial charge on any atom is 0.234 e. The van der Waals surface area contributed by atoms with Crippen molar-refractivity contribution < 1.29 is 4.79 Å². The molecule has 0 aromatic rings. The first-order valence-electron chi connectivity index (χ1n) is 5.33. The lowest BCUT2D eigenvalue weighted by Gasteiger charge is -2.19. The number of amides is 1. The number of rotatable bonds is 8. The number of nitrogens with two attached hydrogens (primary N) is 1. The molecule has 0 saturated heterocycles. The highest BCUT2D eigenvalue weighted by atomic mass is 16.1. The molecule has 1 atom stereocenters. The van der Waals surface area contributed by atoms with E-state index < -0.39 is 0 Å². The zero-order valence-electron chi connectivity index (χ0n) is 9.55. The van der Waals surface area contributed by atoms with Crippen molar-refractivity contribution in [3.63, 3.8) is 0 Å². The standard InChI is InChI=1S/C10H23N3O/c1-4-7-13(3)8-6-9(10(11)14)12-5-2/h9,12H,4-8H2,1-3H3,(H2,11,14). The van der Waals surface area contributed by atoms with Crippen LogP contribution in [0.2, 0.25) is 0 Å². The number of hydrogen-bond donors (Lipinski definition) is 2. The number of hydrogen-bond acceptors (Lipinski definition) is 3. The highest BCUT2D eigenvalue weighted by Crippen LogP contribution is 1.95. The summed E-state index contributed by atoms with van der Waals surface area (Å²) in [6, 6.07) is -0.181. The second kappa shape index (κ2) is 7.76. The Morgan fingerprint density at radius 1 is 1.43 bits per heavy atom. The number of carbonyl (C=O) groups excluding carboxylic acids is 1. The van der Waals surface area contributed by atoms with Crippen molar-refractivity contribution in [1.29, 1.82) is 0 Å². The van der Waals surface area contributed by atoms with Gasteiger partial charge in [-0.05, 0) is 39.5 Å². The maximum atomic E-state index is 11.0. The summed E-state index contributed by atoms with van der Waals surface area (Å²) in [4.78, 5) is 13.2. The van der Waals surface area contributed by atoms with Crippen LogP contribution in [0.4, 0.5) is 0 Å². The number of likely N-dealkylation sites (N-methyl/N-ethyl adjacent to an activating group) is 1. The lowest BCUT2D eigenvalue weighted by atomic mass is 10.2. The van der Waals surface area contributed by atoms with E-state index in [1.165, 1.54) is 0 Å². The molecular weight excluding hydrogens is 178 g/mol. The second-order valence-corrected chi connectivity index (χ2v) is 3.60. The van der Waals surface area contributed by atoms with Gasteiger partial charge in [-0.1, -0.05) is 13.8 Å². The van der Waals surface area contributed by atoms with Crippen LogP contribution in [0.3, 0.4) is 0 Å². The van der Waals surface area contributed by atoms with Gasteiger partial charge in [-0.3, -0.25) is 4.79 Å². The van der Waals surface area contributed by atoms with Gasteiger partial charge < -0.3 is 16.0 Å². The highest BCUT2D eigenvalue weighted by molar-refractivity contribution is 5.79. The Labute approximate surface area is 86.8 Å². The average molecular weight is 201 g/mol. The number of carbonyl (C=O) groups is 1. The molecule has 0 aliphatic heterocycles. The van der Waals surface area contributed by atoms with Gasteiger partial charge in [0.05, 0.1) is 6.04 Å². The molecule has 1 unspecified atom stereocenters. The van der Waals surface area contributed by atoms with E-state index in [4.69, 9.17) is 5.73 Å². The zero-order chi connectivity index (χ0) is 11.0. The van der Waals surface area contributed by atoms with Gasteiger partial charge in [0, 0.05) is 0 Å². The van der Waals surface area contributed by atoms with E-state index >= 15 is 0 Å². The molecule has 0 bridgehead atoms. The number of nitrogens with one attached hydrogen (secondary N) is 1. The number of nitrogens with zero attached hydrogens (tertiary/aromatic N) is 1. The molecule has 0 aliphatic carbocycles. The van der Waals surface area contributed by atoms with Gasteiger partial charge in [0.25, 0.3) is 0 Å². The first-order valence-corrected chi connectivity index (χ1v) is 5.33. The Morgan fingerprint density at radius 2 is 2.07 bits per heavy atom. The minimum atomic E-state index is -0.253. The Morgan fingerprint density at radius 3 is 2.50 bits per heavy atom. The molecule has 3 N–H and O–H groups in total. The first-order chi connectivity index (χ1) is 6.61. The summed E-state index contributed by atoms with van der Waals surface area (Å²) in [7, 11) is 2.06. The van der Waals surface area contributed by atoms with Crippen molar-refractivity contribution in [1.82, 2.24) is 10.2 Å². The smallest absolute Gasteiger partial charge is 0.234 e. The molecule has 4 heteroatoms. The molecule has 0 spiro atoms. The fourth-order valence-corrected chi connectivity index (χ4v) is 1.43. The van der Waals surface area contributed by atoms with E-state index in [0.717, 1.165) is 32.5 Å². The van der Waals surface area contributed by atoms with Crippen molar-refractivity contribution in [2.24, 2.45) is 5.73 Å². The summed E-state index contributed by atoms with van der Waals surface area (Å²) in [5.74, 6) is -0.253. The predicted octanol–water partition coefficient (Wildman–Crippen LogP) is 0.182. The quantitative estimate of drug-likeness (QED) is 0.589. The Kier molecular flexibility index (Phi) is 7.42. The molecular formula is C10H23N3O. The average Bonchev–Trinajstić information content (AvgIpc) is 2.12. The fraction of sp³-hybridized carbons (Fsp3) is 0.900. The SMILES string of the molecule is CCCN(C)CCC(NCC)C(N)=O. The van der Waals surface area contributed by atoms with Gasteiger partial charge in [-0.15, -0.1) is 0 Å². The van der Waals surface area contributed by atoms with Crippen LogP contribution in [0.5, 0.6) is 0 Å². The molecule has 0 heterocycles. The molecule has 0 rings (SSSR count). The second-order valence-electron chi connectivity index (χ2n) is 3.60. The maximum absolute atomic E-state index is 11.0. The van der Waals surface area contributed by atoms with Gasteiger partial charge in [0.1, 0.15) is 0 Å². The van der Waals surface area contributed by atoms with E-state index in [-0.39, 0.29) is 11.9 Å². The summed E-state index contributed by atoms with van der Waals surface area (Å²) in [5.41, 5.74) is 5.26.